The largest absolute Gasteiger partial charge is 0.443 e. The molecule has 4 nitrogen and oxygen atoms in total. The Hall–Kier alpha value is -1.55. The summed E-state index contributed by atoms with van der Waals surface area (Å²) in [5, 5.41) is 0. The topological polar surface area (TPSA) is 38.5 Å². The monoisotopic (exact) mass is 204 g/mol. The maximum absolute atomic E-state index is 5.23. The number of ether oxygens (including phenoxy) is 1. The first-order valence-electron chi connectivity index (χ1n) is 4.98. The third-order valence-corrected chi connectivity index (χ3v) is 2.86. The number of hydrogen-bond donors (Lipinski definition) is 0. The van der Waals surface area contributed by atoms with Crippen molar-refractivity contribution in [2.24, 2.45) is 0 Å². The number of benzene rings is 1. The van der Waals surface area contributed by atoms with Crippen molar-refractivity contribution in [3.63, 3.8) is 0 Å². The van der Waals surface area contributed by atoms with Crippen LogP contribution >= 0.6 is 0 Å². The minimum absolute atomic E-state index is 0.373. The molecule has 2 heterocycles. The van der Waals surface area contributed by atoms with Gasteiger partial charge in [0, 0.05) is 25.9 Å². The van der Waals surface area contributed by atoms with Gasteiger partial charge in [0.1, 0.15) is 5.52 Å². The first-order chi connectivity index (χ1) is 7.36. The molecule has 1 aliphatic rings. The molecule has 0 spiro atoms. The third kappa shape index (κ3) is 1.37. The summed E-state index contributed by atoms with van der Waals surface area (Å²) in [5.41, 5.74) is 2.93. The first kappa shape index (κ1) is 8.73. The molecule has 78 valence electrons. The average Bonchev–Trinajstić information content (AvgIpc) is 2.63. The molecule has 0 bridgehead atoms. The van der Waals surface area contributed by atoms with E-state index in [1.54, 1.807) is 7.11 Å². The molecule has 1 saturated heterocycles. The highest BCUT2D eigenvalue weighted by Gasteiger charge is 2.26. The fourth-order valence-electron chi connectivity index (χ4n) is 1.84. The Morgan fingerprint density at radius 2 is 2.33 bits per heavy atom. The van der Waals surface area contributed by atoms with E-state index in [2.05, 4.69) is 16.0 Å². The molecule has 1 aromatic heterocycles. The fraction of sp³-hybridized carbons (Fsp3) is 0.364. The van der Waals surface area contributed by atoms with E-state index in [0.717, 1.165) is 24.2 Å². The second kappa shape index (κ2) is 3.24. The summed E-state index contributed by atoms with van der Waals surface area (Å²) in [6, 6.07) is 6.06. The maximum atomic E-state index is 5.23. The van der Waals surface area contributed by atoms with Crippen LogP contribution in [0.5, 0.6) is 0 Å². The van der Waals surface area contributed by atoms with Crippen LogP contribution in [0.15, 0.2) is 29.0 Å². The summed E-state index contributed by atoms with van der Waals surface area (Å²) in [5.74, 6) is 0. The number of rotatable bonds is 2. The first-order valence-corrected chi connectivity index (χ1v) is 4.98. The predicted octanol–water partition coefficient (Wildman–Crippen LogP) is 1.66. The fourth-order valence-corrected chi connectivity index (χ4v) is 1.84. The van der Waals surface area contributed by atoms with Gasteiger partial charge in [0.2, 0.25) is 0 Å². The Morgan fingerprint density at radius 3 is 3.13 bits per heavy atom. The van der Waals surface area contributed by atoms with Crippen LogP contribution < -0.4 is 4.90 Å². The molecular formula is C11H12N2O2. The quantitative estimate of drug-likeness (QED) is 0.745. The summed E-state index contributed by atoms with van der Waals surface area (Å²) < 4.78 is 10.4. The zero-order chi connectivity index (χ0) is 10.3. The molecule has 0 atom stereocenters. The summed E-state index contributed by atoms with van der Waals surface area (Å²) in [6.45, 7) is 1.92. The van der Waals surface area contributed by atoms with E-state index in [4.69, 9.17) is 9.15 Å². The van der Waals surface area contributed by atoms with Gasteiger partial charge < -0.3 is 14.1 Å². The van der Waals surface area contributed by atoms with Crippen LogP contribution in [0, 0.1) is 0 Å². The molecule has 0 aliphatic carbocycles. The molecule has 0 unspecified atom stereocenters. The zero-order valence-electron chi connectivity index (χ0n) is 8.51. The van der Waals surface area contributed by atoms with Crippen molar-refractivity contribution in [2.75, 3.05) is 25.1 Å². The Morgan fingerprint density at radius 1 is 1.47 bits per heavy atom. The van der Waals surface area contributed by atoms with Gasteiger partial charge in [-0.1, -0.05) is 0 Å². The van der Waals surface area contributed by atoms with Gasteiger partial charge >= 0.3 is 0 Å². The smallest absolute Gasteiger partial charge is 0.181 e. The van der Waals surface area contributed by atoms with Gasteiger partial charge in [0.05, 0.1) is 6.10 Å². The highest BCUT2D eigenvalue weighted by Crippen LogP contribution is 2.25. The molecule has 0 N–H and O–H groups in total. The van der Waals surface area contributed by atoms with E-state index in [1.807, 2.05) is 12.1 Å². The lowest BCUT2D eigenvalue weighted by Gasteiger charge is -2.39. The van der Waals surface area contributed by atoms with Crippen LogP contribution in [0.25, 0.3) is 11.1 Å². The second-order valence-corrected chi connectivity index (χ2v) is 3.77. The average molecular weight is 204 g/mol. The number of anilines is 1. The van der Waals surface area contributed by atoms with Crippen LogP contribution in [0.1, 0.15) is 0 Å². The van der Waals surface area contributed by atoms with Crippen LogP contribution in [0.2, 0.25) is 0 Å². The minimum atomic E-state index is 0.373. The molecule has 15 heavy (non-hydrogen) atoms. The zero-order valence-corrected chi connectivity index (χ0v) is 8.51. The van der Waals surface area contributed by atoms with Crippen LogP contribution in [0.3, 0.4) is 0 Å². The van der Waals surface area contributed by atoms with Crippen molar-refractivity contribution >= 4 is 16.8 Å². The highest BCUT2D eigenvalue weighted by molar-refractivity contribution is 5.77. The Kier molecular flexibility index (Phi) is 1.89. The van der Waals surface area contributed by atoms with Crippen LogP contribution in [-0.2, 0) is 4.74 Å². The Balaban J connectivity index is 1.86. The molecule has 4 heteroatoms. The maximum Gasteiger partial charge on any atom is 0.181 e. The molecule has 1 aliphatic heterocycles. The van der Waals surface area contributed by atoms with E-state index in [-0.39, 0.29) is 0 Å². The second-order valence-electron chi connectivity index (χ2n) is 3.77. The molecule has 2 aromatic rings. The van der Waals surface area contributed by atoms with E-state index in [0.29, 0.717) is 6.10 Å². The summed E-state index contributed by atoms with van der Waals surface area (Å²) in [4.78, 5) is 6.40. The Bertz CT molecular complexity index is 474. The molecule has 0 amide bonds. The van der Waals surface area contributed by atoms with E-state index in [9.17, 15) is 0 Å². The van der Waals surface area contributed by atoms with Crippen LogP contribution in [-0.4, -0.2) is 31.3 Å². The molecule has 3 rings (SSSR count). The number of nitrogens with zero attached hydrogens (tertiary/aromatic N) is 2. The summed E-state index contributed by atoms with van der Waals surface area (Å²) in [7, 11) is 1.75. The van der Waals surface area contributed by atoms with Crippen molar-refractivity contribution < 1.29 is 9.15 Å². The molecule has 1 aromatic carbocycles. The van der Waals surface area contributed by atoms with Gasteiger partial charge in [-0.2, -0.15) is 0 Å². The number of methoxy groups -OCH3 is 1. The summed E-state index contributed by atoms with van der Waals surface area (Å²) >= 11 is 0. The van der Waals surface area contributed by atoms with Crippen molar-refractivity contribution in [2.45, 2.75) is 6.10 Å². The molecule has 0 saturated carbocycles. The van der Waals surface area contributed by atoms with Gasteiger partial charge in [-0.15, -0.1) is 0 Å². The molecule has 0 radical (unpaired) electrons. The van der Waals surface area contributed by atoms with Crippen molar-refractivity contribution in [3.05, 3.63) is 24.6 Å². The normalized spacial score (nSPS) is 17.0. The Labute approximate surface area is 87.5 Å². The standard InChI is InChI=1S/C11H12N2O2/c1-14-9-5-13(6-9)8-2-3-11-10(4-8)12-7-15-11/h2-4,7,9H,5-6H2,1H3. The van der Waals surface area contributed by atoms with E-state index >= 15 is 0 Å². The number of hydrogen-bond acceptors (Lipinski definition) is 4. The lowest BCUT2D eigenvalue weighted by atomic mass is 10.1. The van der Waals surface area contributed by atoms with Crippen molar-refractivity contribution in [1.82, 2.24) is 4.98 Å². The third-order valence-electron chi connectivity index (χ3n) is 2.86. The predicted molar refractivity (Wildman–Crippen MR) is 57.0 cm³/mol. The molecule has 1 fully saturated rings. The van der Waals surface area contributed by atoms with Gasteiger partial charge in [-0.25, -0.2) is 4.98 Å². The van der Waals surface area contributed by atoms with Gasteiger partial charge in [-0.3, -0.25) is 0 Å². The van der Waals surface area contributed by atoms with E-state index < -0.39 is 0 Å². The van der Waals surface area contributed by atoms with Gasteiger partial charge in [-0.05, 0) is 18.2 Å². The number of oxazole rings is 1. The van der Waals surface area contributed by atoms with Gasteiger partial charge in [0.25, 0.3) is 0 Å². The molecular weight excluding hydrogens is 192 g/mol. The van der Waals surface area contributed by atoms with Crippen molar-refractivity contribution in [1.29, 1.82) is 0 Å². The lowest BCUT2D eigenvalue weighted by molar-refractivity contribution is 0.0788. The highest BCUT2D eigenvalue weighted by atomic mass is 16.5. The number of fused-ring (bicyclic) bond motifs is 1. The van der Waals surface area contributed by atoms with Crippen molar-refractivity contribution in [3.8, 4) is 0 Å². The SMILES string of the molecule is COC1CN(c2ccc3ocnc3c2)C1. The van der Waals surface area contributed by atoms with Crippen LogP contribution in [0.4, 0.5) is 5.69 Å². The van der Waals surface area contributed by atoms with Gasteiger partial charge in [0.15, 0.2) is 12.0 Å². The number of aromatic nitrogens is 1. The van der Waals surface area contributed by atoms with E-state index in [1.165, 1.54) is 12.1 Å². The minimum Gasteiger partial charge on any atom is -0.443 e. The summed E-state index contributed by atoms with van der Waals surface area (Å²) in [6.07, 6.45) is 1.85. The lowest BCUT2D eigenvalue weighted by Crippen LogP contribution is -2.51.